The number of benzene rings is 2. The van der Waals surface area contributed by atoms with Gasteiger partial charge in [0.25, 0.3) is 0 Å². The number of rotatable bonds is 2. The quantitative estimate of drug-likeness (QED) is 0.332. The molecule has 0 fully saturated rings. The van der Waals surface area contributed by atoms with E-state index in [-0.39, 0.29) is 56.7 Å². The van der Waals surface area contributed by atoms with Crippen LogP contribution >= 0.6 is 104 Å². The molecule has 0 aliphatic rings. The molecule has 0 aliphatic carbocycles. The molecule has 0 saturated heterocycles. The normalized spacial score (nSPS) is 11.0. The van der Waals surface area contributed by atoms with E-state index in [0.29, 0.717) is 0 Å². The molecular weight excluding hydrogens is 495 g/mol. The Balaban J connectivity index is 2.71. The largest absolute Gasteiger partial charge is 0.505 e. The number of hydrogen-bond acceptors (Lipinski definition) is 2. The van der Waals surface area contributed by atoms with E-state index in [1.54, 1.807) is 0 Å². The molecule has 1 N–H and O–H groups in total. The fourth-order valence-electron chi connectivity index (χ4n) is 1.47. The molecule has 0 bridgehead atoms. The zero-order valence-corrected chi connectivity index (χ0v) is 17.1. The summed E-state index contributed by atoms with van der Waals surface area (Å²) in [6.45, 7) is 0. The lowest BCUT2D eigenvalue weighted by Crippen LogP contribution is -1.93. The highest BCUT2D eigenvalue weighted by Crippen LogP contribution is 2.54. The molecule has 2 aromatic carbocycles. The molecule has 0 spiro atoms. The number of phenols is 1. The van der Waals surface area contributed by atoms with Gasteiger partial charge in [-0.25, -0.2) is 0 Å². The number of phenolic OH excluding ortho intramolecular Hbond substituents is 1. The zero-order valence-electron chi connectivity index (χ0n) is 10.3. The van der Waals surface area contributed by atoms with E-state index in [1.165, 1.54) is 0 Å². The first-order valence-corrected chi connectivity index (χ1v) is 8.73. The molecule has 11 heteroatoms. The van der Waals surface area contributed by atoms with Crippen LogP contribution in [0.25, 0.3) is 0 Å². The van der Waals surface area contributed by atoms with Crippen molar-refractivity contribution in [1.82, 2.24) is 0 Å². The molecule has 0 saturated carbocycles. The van der Waals surface area contributed by atoms with Gasteiger partial charge in [0, 0.05) is 0 Å². The number of aromatic hydroxyl groups is 1. The van der Waals surface area contributed by atoms with Crippen molar-refractivity contribution in [2.75, 3.05) is 0 Å². The molecule has 2 nitrogen and oxygen atoms in total. The Morgan fingerprint density at radius 1 is 0.435 bits per heavy atom. The van der Waals surface area contributed by atoms with Crippen LogP contribution in [0.15, 0.2) is 0 Å². The van der Waals surface area contributed by atoms with E-state index in [9.17, 15) is 5.11 Å². The van der Waals surface area contributed by atoms with Gasteiger partial charge in [-0.3, -0.25) is 0 Å². The van der Waals surface area contributed by atoms with Gasteiger partial charge in [-0.15, -0.1) is 0 Å². The van der Waals surface area contributed by atoms with E-state index < -0.39 is 5.75 Å². The average Bonchev–Trinajstić information content (AvgIpc) is 2.54. The van der Waals surface area contributed by atoms with Crippen molar-refractivity contribution in [3.8, 4) is 17.2 Å². The van der Waals surface area contributed by atoms with Gasteiger partial charge in [-0.05, 0) is 0 Å². The summed E-state index contributed by atoms with van der Waals surface area (Å²) >= 11 is 53.6. The SMILES string of the molecule is Oc1c(Cl)c(Cl)c(Oc2c(Cl)c(Cl)c(Cl)c(Cl)c2Cl)c(Cl)c1Cl. The Morgan fingerprint density at radius 3 is 1.04 bits per heavy atom. The molecule has 2 aromatic rings. The third-order valence-corrected chi connectivity index (χ3v) is 6.47. The molecule has 0 aromatic heterocycles. The summed E-state index contributed by atoms with van der Waals surface area (Å²) in [6.07, 6.45) is 0. The second-order valence-corrected chi connectivity index (χ2v) is 7.34. The van der Waals surface area contributed by atoms with Crippen LogP contribution in [0.5, 0.6) is 17.2 Å². The Hall–Kier alpha value is 0.650. The van der Waals surface area contributed by atoms with Crippen molar-refractivity contribution in [3.63, 3.8) is 0 Å². The van der Waals surface area contributed by atoms with Crippen molar-refractivity contribution < 1.29 is 9.84 Å². The molecule has 124 valence electrons. The predicted molar refractivity (Wildman–Crippen MR) is 99.7 cm³/mol. The van der Waals surface area contributed by atoms with Crippen LogP contribution in [-0.2, 0) is 0 Å². The lowest BCUT2D eigenvalue weighted by atomic mass is 10.3. The monoisotopic (exact) mass is 492 g/mol. The zero-order chi connectivity index (χ0) is 17.6. The van der Waals surface area contributed by atoms with Crippen molar-refractivity contribution in [3.05, 3.63) is 45.2 Å². The summed E-state index contributed by atoms with van der Waals surface area (Å²) in [4.78, 5) is 0. The molecule has 2 rings (SSSR count). The lowest BCUT2D eigenvalue weighted by molar-refractivity contribution is 0.465. The van der Waals surface area contributed by atoms with Crippen molar-refractivity contribution in [1.29, 1.82) is 0 Å². The Kier molecular flexibility index (Phi) is 6.50. The van der Waals surface area contributed by atoms with E-state index in [1.807, 2.05) is 0 Å². The van der Waals surface area contributed by atoms with Crippen LogP contribution in [0.2, 0.25) is 45.2 Å². The predicted octanol–water partition coefficient (Wildman–Crippen LogP) is 9.07. The summed E-state index contributed by atoms with van der Waals surface area (Å²) in [6, 6.07) is 0. The minimum atomic E-state index is -0.500. The maximum Gasteiger partial charge on any atom is 0.168 e. The molecule has 23 heavy (non-hydrogen) atoms. The minimum absolute atomic E-state index is 0.0466. The second kappa shape index (κ2) is 7.49. The van der Waals surface area contributed by atoms with E-state index >= 15 is 0 Å². The van der Waals surface area contributed by atoms with Gasteiger partial charge in [0.05, 0.1) is 15.1 Å². The molecule has 0 aliphatic heterocycles. The molecule has 0 amide bonds. The van der Waals surface area contributed by atoms with Crippen LogP contribution in [0, 0.1) is 0 Å². The van der Waals surface area contributed by atoms with Crippen LogP contribution < -0.4 is 4.74 Å². The van der Waals surface area contributed by atoms with Gasteiger partial charge in [0.15, 0.2) is 17.2 Å². The standard InChI is InChI=1S/C12HCl9O2/c13-1-2(14)6(18)11(7(19)3(1)15)23-12-8(20)4(16)10(22)5(17)9(12)21/h22H. The lowest BCUT2D eigenvalue weighted by Gasteiger charge is -2.17. The minimum Gasteiger partial charge on any atom is -0.505 e. The Morgan fingerprint density at radius 2 is 0.696 bits per heavy atom. The van der Waals surface area contributed by atoms with Gasteiger partial charge in [-0.1, -0.05) is 104 Å². The summed E-state index contributed by atoms with van der Waals surface area (Å²) < 4.78 is 5.50. The maximum absolute atomic E-state index is 9.69. The number of halogens is 9. The third kappa shape index (κ3) is 3.48. The van der Waals surface area contributed by atoms with E-state index in [2.05, 4.69) is 0 Å². The average molecular weight is 496 g/mol. The van der Waals surface area contributed by atoms with Gasteiger partial charge < -0.3 is 9.84 Å². The first-order valence-electron chi connectivity index (χ1n) is 5.33. The van der Waals surface area contributed by atoms with Crippen molar-refractivity contribution in [2.45, 2.75) is 0 Å². The van der Waals surface area contributed by atoms with Crippen molar-refractivity contribution >= 4 is 104 Å². The number of hydrogen-bond donors (Lipinski definition) is 1. The highest BCUT2D eigenvalue weighted by molar-refractivity contribution is 6.56. The topological polar surface area (TPSA) is 29.5 Å². The summed E-state index contributed by atoms with van der Waals surface area (Å²) in [5, 5.41) is 8.26. The van der Waals surface area contributed by atoms with Gasteiger partial charge >= 0.3 is 0 Å². The van der Waals surface area contributed by atoms with Crippen LogP contribution in [0.3, 0.4) is 0 Å². The highest BCUT2D eigenvalue weighted by Gasteiger charge is 2.26. The van der Waals surface area contributed by atoms with Crippen LogP contribution in [-0.4, -0.2) is 5.11 Å². The summed E-state index contributed by atoms with van der Waals surface area (Å²) in [7, 11) is 0. The molecule has 0 unspecified atom stereocenters. The second-order valence-electron chi connectivity index (χ2n) is 3.93. The van der Waals surface area contributed by atoms with E-state index in [4.69, 9.17) is 109 Å². The first-order chi connectivity index (χ1) is 10.6. The van der Waals surface area contributed by atoms with Gasteiger partial charge in [-0.2, -0.15) is 0 Å². The fraction of sp³-hybridized carbons (Fsp3) is 0. The molecule has 0 radical (unpaired) electrons. The molecule has 0 atom stereocenters. The van der Waals surface area contributed by atoms with Gasteiger partial charge in [0.2, 0.25) is 0 Å². The van der Waals surface area contributed by atoms with Crippen molar-refractivity contribution in [2.24, 2.45) is 0 Å². The summed E-state index contributed by atoms with van der Waals surface area (Å²) in [5.41, 5.74) is 0. The van der Waals surface area contributed by atoms with Crippen LogP contribution in [0.4, 0.5) is 0 Å². The molecular formula is C12HCl9O2. The third-order valence-electron chi connectivity index (χ3n) is 2.57. The Bertz CT molecular complexity index is 694. The smallest absolute Gasteiger partial charge is 0.168 e. The van der Waals surface area contributed by atoms with E-state index in [0.717, 1.165) is 0 Å². The Labute approximate surface area is 175 Å². The first kappa shape index (κ1) is 20.0. The van der Waals surface area contributed by atoms with Gasteiger partial charge in [0.1, 0.15) is 30.1 Å². The van der Waals surface area contributed by atoms with Crippen LogP contribution in [0.1, 0.15) is 0 Å². The number of ether oxygens (including phenoxy) is 1. The molecule has 0 heterocycles. The fourth-order valence-corrected chi connectivity index (χ4v) is 3.57. The summed E-state index contributed by atoms with van der Waals surface area (Å²) in [5.74, 6) is -0.853. The highest BCUT2D eigenvalue weighted by atomic mass is 35.5. The maximum atomic E-state index is 9.69.